The second-order valence-corrected chi connectivity index (χ2v) is 8.18. The van der Waals surface area contributed by atoms with Crippen molar-refractivity contribution in [3.8, 4) is 10.9 Å². The summed E-state index contributed by atoms with van der Waals surface area (Å²) >= 11 is 1.52. The standard InChI is InChI=1S/C21H26N4OS/c1-24(14-15-25-12-3-2-4-13-25)16-17-7-9-18(10-8-17)26-21-23-20-19(27-21)6-5-11-22-20/h5-11H,2-4,12-16H2,1H3. The molecule has 0 bridgehead atoms. The van der Waals surface area contributed by atoms with E-state index >= 15 is 0 Å². The van der Waals surface area contributed by atoms with Crippen LogP contribution in [0.5, 0.6) is 10.9 Å². The molecular weight excluding hydrogens is 356 g/mol. The maximum atomic E-state index is 5.90. The molecule has 1 aromatic carbocycles. The lowest BCUT2D eigenvalue weighted by molar-refractivity contribution is 0.194. The molecule has 0 atom stereocenters. The van der Waals surface area contributed by atoms with Gasteiger partial charge in [0.05, 0.1) is 4.70 Å². The van der Waals surface area contributed by atoms with Crippen LogP contribution in [0.1, 0.15) is 24.8 Å². The molecule has 0 saturated carbocycles. The number of ether oxygens (including phenoxy) is 1. The van der Waals surface area contributed by atoms with Gasteiger partial charge in [0.25, 0.3) is 5.19 Å². The van der Waals surface area contributed by atoms with E-state index in [4.69, 9.17) is 4.74 Å². The van der Waals surface area contributed by atoms with Crippen molar-refractivity contribution in [3.05, 3.63) is 48.2 Å². The highest BCUT2D eigenvalue weighted by molar-refractivity contribution is 7.20. The number of pyridine rings is 1. The molecule has 4 rings (SSSR count). The van der Waals surface area contributed by atoms with E-state index in [1.54, 1.807) is 6.20 Å². The molecule has 3 heterocycles. The highest BCUT2D eigenvalue weighted by atomic mass is 32.1. The number of nitrogens with zero attached hydrogens (tertiary/aromatic N) is 4. The van der Waals surface area contributed by atoms with Crippen molar-refractivity contribution in [1.29, 1.82) is 0 Å². The first-order chi connectivity index (χ1) is 13.3. The first-order valence-electron chi connectivity index (χ1n) is 9.65. The Morgan fingerprint density at radius 1 is 1.11 bits per heavy atom. The number of fused-ring (bicyclic) bond motifs is 1. The van der Waals surface area contributed by atoms with Crippen LogP contribution in [0.4, 0.5) is 0 Å². The monoisotopic (exact) mass is 382 g/mol. The number of rotatable bonds is 7. The number of likely N-dealkylation sites (N-methyl/N-ethyl adjacent to an activating group) is 1. The minimum absolute atomic E-state index is 0.634. The van der Waals surface area contributed by atoms with Gasteiger partial charge in [-0.15, -0.1) is 0 Å². The van der Waals surface area contributed by atoms with E-state index in [-0.39, 0.29) is 0 Å². The fourth-order valence-electron chi connectivity index (χ4n) is 3.44. The minimum Gasteiger partial charge on any atom is -0.431 e. The summed E-state index contributed by atoms with van der Waals surface area (Å²) in [5, 5.41) is 0.634. The molecule has 1 aliphatic heterocycles. The SMILES string of the molecule is CN(CCN1CCCCC1)Cc1ccc(Oc2nc3ncccc3s2)cc1. The van der Waals surface area contributed by atoms with Crippen LogP contribution in [-0.2, 0) is 6.54 Å². The summed E-state index contributed by atoms with van der Waals surface area (Å²) in [6, 6.07) is 12.2. The average molecular weight is 383 g/mol. The van der Waals surface area contributed by atoms with E-state index in [1.807, 2.05) is 24.3 Å². The van der Waals surface area contributed by atoms with E-state index in [2.05, 4.69) is 38.9 Å². The Morgan fingerprint density at radius 2 is 1.93 bits per heavy atom. The van der Waals surface area contributed by atoms with Gasteiger partial charge in [0.2, 0.25) is 0 Å². The van der Waals surface area contributed by atoms with Crippen LogP contribution in [0.3, 0.4) is 0 Å². The Hall–Kier alpha value is -2.02. The molecule has 1 aliphatic rings. The molecular formula is C21H26N4OS. The summed E-state index contributed by atoms with van der Waals surface area (Å²) in [7, 11) is 2.20. The van der Waals surface area contributed by atoms with Crippen LogP contribution in [0.2, 0.25) is 0 Å². The molecule has 0 unspecified atom stereocenters. The molecule has 5 nitrogen and oxygen atoms in total. The molecule has 27 heavy (non-hydrogen) atoms. The number of hydrogen-bond acceptors (Lipinski definition) is 6. The van der Waals surface area contributed by atoms with Gasteiger partial charge in [-0.25, -0.2) is 4.98 Å². The maximum Gasteiger partial charge on any atom is 0.281 e. The lowest BCUT2D eigenvalue weighted by atomic mass is 10.1. The van der Waals surface area contributed by atoms with Gasteiger partial charge in [-0.1, -0.05) is 29.9 Å². The number of thiazole rings is 1. The van der Waals surface area contributed by atoms with Crippen LogP contribution in [0, 0.1) is 0 Å². The van der Waals surface area contributed by atoms with Crippen molar-refractivity contribution in [3.63, 3.8) is 0 Å². The van der Waals surface area contributed by atoms with Crippen molar-refractivity contribution in [2.24, 2.45) is 0 Å². The number of benzene rings is 1. The van der Waals surface area contributed by atoms with Crippen molar-refractivity contribution in [1.82, 2.24) is 19.8 Å². The molecule has 1 saturated heterocycles. The summed E-state index contributed by atoms with van der Waals surface area (Å²) < 4.78 is 6.94. The van der Waals surface area contributed by atoms with Crippen LogP contribution in [0.15, 0.2) is 42.6 Å². The highest BCUT2D eigenvalue weighted by Gasteiger charge is 2.11. The topological polar surface area (TPSA) is 41.5 Å². The lowest BCUT2D eigenvalue weighted by Crippen LogP contribution is -2.36. The molecule has 0 aliphatic carbocycles. The van der Waals surface area contributed by atoms with Gasteiger partial charge in [-0.3, -0.25) is 0 Å². The largest absolute Gasteiger partial charge is 0.431 e. The summed E-state index contributed by atoms with van der Waals surface area (Å²) in [5.74, 6) is 0.814. The molecule has 0 amide bonds. The molecule has 0 spiro atoms. The maximum absolute atomic E-state index is 5.90. The van der Waals surface area contributed by atoms with E-state index in [0.29, 0.717) is 5.19 Å². The third-order valence-electron chi connectivity index (χ3n) is 4.97. The quantitative estimate of drug-likeness (QED) is 0.606. The Labute approximate surface area is 164 Å². The number of piperidine rings is 1. The third kappa shape index (κ3) is 5.03. The van der Waals surface area contributed by atoms with Crippen LogP contribution in [0.25, 0.3) is 10.3 Å². The summed E-state index contributed by atoms with van der Waals surface area (Å²) in [4.78, 5) is 13.7. The van der Waals surface area contributed by atoms with Gasteiger partial charge in [-0.05, 0) is 62.8 Å². The normalized spacial score (nSPS) is 15.5. The van der Waals surface area contributed by atoms with Gasteiger partial charge in [0.1, 0.15) is 5.75 Å². The van der Waals surface area contributed by atoms with Crippen molar-refractivity contribution in [2.45, 2.75) is 25.8 Å². The van der Waals surface area contributed by atoms with E-state index in [9.17, 15) is 0 Å². The molecule has 0 N–H and O–H groups in total. The summed E-state index contributed by atoms with van der Waals surface area (Å²) in [6.45, 7) is 5.77. The Morgan fingerprint density at radius 3 is 2.70 bits per heavy atom. The minimum atomic E-state index is 0.634. The predicted octanol–water partition coefficient (Wildman–Crippen LogP) is 4.40. The zero-order chi connectivity index (χ0) is 18.5. The van der Waals surface area contributed by atoms with Crippen LogP contribution >= 0.6 is 11.3 Å². The Balaban J connectivity index is 1.29. The number of aromatic nitrogens is 2. The highest BCUT2D eigenvalue weighted by Crippen LogP contribution is 2.30. The first kappa shape index (κ1) is 18.3. The van der Waals surface area contributed by atoms with Gasteiger partial charge in [0.15, 0.2) is 5.65 Å². The second-order valence-electron chi connectivity index (χ2n) is 7.19. The van der Waals surface area contributed by atoms with Crippen molar-refractivity contribution in [2.75, 3.05) is 33.2 Å². The second kappa shape index (κ2) is 8.78. The molecule has 0 radical (unpaired) electrons. The van der Waals surface area contributed by atoms with Crippen LogP contribution in [-0.4, -0.2) is 53.0 Å². The summed E-state index contributed by atoms with van der Waals surface area (Å²) in [5.41, 5.74) is 2.04. The number of likely N-dealkylation sites (tertiary alicyclic amines) is 1. The molecule has 142 valence electrons. The van der Waals surface area contributed by atoms with Gasteiger partial charge < -0.3 is 14.5 Å². The molecule has 1 fully saturated rings. The smallest absolute Gasteiger partial charge is 0.281 e. The lowest BCUT2D eigenvalue weighted by Gasteiger charge is -2.28. The first-order valence-corrected chi connectivity index (χ1v) is 10.5. The predicted molar refractivity (Wildman–Crippen MR) is 111 cm³/mol. The fourth-order valence-corrected chi connectivity index (χ4v) is 4.24. The van der Waals surface area contributed by atoms with E-state index in [1.165, 1.54) is 55.8 Å². The van der Waals surface area contributed by atoms with Gasteiger partial charge in [-0.2, -0.15) is 4.98 Å². The van der Waals surface area contributed by atoms with Gasteiger partial charge in [0, 0.05) is 25.8 Å². The number of hydrogen-bond donors (Lipinski definition) is 0. The van der Waals surface area contributed by atoms with Crippen molar-refractivity contribution < 1.29 is 4.74 Å². The third-order valence-corrected chi connectivity index (χ3v) is 5.86. The zero-order valence-electron chi connectivity index (χ0n) is 15.8. The van der Waals surface area contributed by atoms with Gasteiger partial charge >= 0.3 is 0 Å². The average Bonchev–Trinajstić information content (AvgIpc) is 3.11. The Bertz CT molecular complexity index is 825. The molecule has 3 aromatic rings. The van der Waals surface area contributed by atoms with Crippen LogP contribution < -0.4 is 4.74 Å². The molecule has 2 aromatic heterocycles. The zero-order valence-corrected chi connectivity index (χ0v) is 16.6. The van der Waals surface area contributed by atoms with E-state index < -0.39 is 0 Å². The van der Waals surface area contributed by atoms with E-state index in [0.717, 1.165) is 29.2 Å². The molecule has 6 heteroatoms. The van der Waals surface area contributed by atoms with Crippen molar-refractivity contribution >= 4 is 21.7 Å². The Kier molecular flexibility index (Phi) is 5.97. The fraction of sp³-hybridized carbons (Fsp3) is 0.429. The summed E-state index contributed by atoms with van der Waals surface area (Å²) in [6.07, 6.45) is 5.86.